The first-order chi connectivity index (χ1) is 16.6. The van der Waals surface area contributed by atoms with Gasteiger partial charge < -0.3 is 55.5 Å². The first-order valence-electron chi connectivity index (χ1n) is 12.6. The van der Waals surface area contributed by atoms with E-state index < -0.39 is 91.9 Å². The van der Waals surface area contributed by atoms with Gasteiger partial charge in [-0.2, -0.15) is 0 Å². The quantitative estimate of drug-likeness (QED) is 0.180. The van der Waals surface area contributed by atoms with Crippen molar-refractivity contribution in [3.8, 4) is 0 Å². The molecule has 38 heavy (non-hydrogen) atoms. The second-order valence-electron chi connectivity index (χ2n) is 14.2. The van der Waals surface area contributed by atoms with E-state index in [0.717, 1.165) is 0 Å². The highest BCUT2D eigenvalue weighted by Crippen LogP contribution is 2.55. The molecular weight excluding hydrogens is 519 g/mol. The van der Waals surface area contributed by atoms with Gasteiger partial charge in [0.25, 0.3) is 0 Å². The van der Waals surface area contributed by atoms with E-state index in [1.54, 1.807) is 0 Å². The van der Waals surface area contributed by atoms with Crippen LogP contribution < -0.4 is 0 Å². The maximum atomic E-state index is 11.1. The van der Waals surface area contributed by atoms with Gasteiger partial charge in [-0.15, -0.1) is 0 Å². The minimum atomic E-state index is -2.62. The molecule has 11 N–H and O–H groups in total. The van der Waals surface area contributed by atoms with Crippen LogP contribution >= 0.6 is 8.60 Å². The van der Waals surface area contributed by atoms with Crippen molar-refractivity contribution < 1.29 is 55.5 Å². The molecule has 0 aromatic rings. The Bertz CT molecular complexity index is 547. The van der Waals surface area contributed by atoms with E-state index in [1.807, 2.05) is 83.1 Å². The first-order valence-corrected chi connectivity index (χ1v) is 13.8. The lowest BCUT2D eigenvalue weighted by Gasteiger charge is -2.58. The lowest BCUT2D eigenvalue weighted by Crippen LogP contribution is -2.68. The minimum absolute atomic E-state index is 0.467. The second-order valence-corrected chi connectivity index (χ2v) is 14.7. The fraction of sp³-hybridized carbons (Fsp3) is 1.00. The zero-order valence-corrected chi connectivity index (χ0v) is 26.5. The summed E-state index contributed by atoms with van der Waals surface area (Å²) < 4.78 is 0. The normalized spacial score (nSPS) is 14.5. The van der Waals surface area contributed by atoms with Gasteiger partial charge in [0.1, 0.15) is 0 Å². The molecule has 0 saturated carbocycles. The molecule has 0 atom stereocenters. The molecule has 0 saturated heterocycles. The summed E-state index contributed by atoms with van der Waals surface area (Å²) in [6, 6.07) is 0. The summed E-state index contributed by atoms with van der Waals surface area (Å²) in [6.45, 7) is 19.3. The van der Waals surface area contributed by atoms with E-state index in [1.165, 1.54) is 0 Å². The van der Waals surface area contributed by atoms with Crippen molar-refractivity contribution in [2.24, 2.45) is 32.5 Å². The predicted molar refractivity (Wildman–Crippen MR) is 149 cm³/mol. The zero-order chi connectivity index (χ0) is 31.8. The Morgan fingerprint density at radius 2 is 0.474 bits per heavy atom. The van der Waals surface area contributed by atoms with Crippen LogP contribution in [-0.4, -0.2) is 106 Å². The van der Waals surface area contributed by atoms with Crippen LogP contribution in [0.4, 0.5) is 0 Å². The number of rotatable bonds is 8. The van der Waals surface area contributed by atoms with Crippen molar-refractivity contribution in [3.05, 3.63) is 0 Å². The third kappa shape index (κ3) is 8.50. The van der Waals surface area contributed by atoms with Gasteiger partial charge in [0.2, 0.25) is 0 Å². The van der Waals surface area contributed by atoms with E-state index in [2.05, 4.69) is 0 Å². The molecule has 0 fully saturated rings. The van der Waals surface area contributed by atoms with Crippen LogP contribution in [0.15, 0.2) is 0 Å². The number of hydrogen-bond acceptors (Lipinski definition) is 11. The summed E-state index contributed by atoms with van der Waals surface area (Å²) in [5.74, 6) is 0. The van der Waals surface area contributed by atoms with Crippen molar-refractivity contribution in [2.45, 2.75) is 94.3 Å². The van der Waals surface area contributed by atoms with Crippen molar-refractivity contribution in [2.75, 3.05) is 39.6 Å². The van der Waals surface area contributed by atoms with Crippen molar-refractivity contribution in [3.63, 3.8) is 0 Å². The van der Waals surface area contributed by atoms with Crippen LogP contribution in [0.3, 0.4) is 0 Å². The minimum Gasteiger partial charge on any atom is -0.395 e. The largest absolute Gasteiger partial charge is 0.395 e. The fourth-order valence-corrected chi connectivity index (χ4v) is 6.42. The van der Waals surface area contributed by atoms with Crippen LogP contribution in [0.2, 0.25) is 0 Å². The summed E-state index contributed by atoms with van der Waals surface area (Å²) in [5, 5.41) is 79.6. The van der Waals surface area contributed by atoms with E-state index in [0.29, 0.717) is 0 Å². The average Bonchev–Trinajstić information content (AvgIpc) is 2.73. The van der Waals surface area contributed by atoms with Crippen molar-refractivity contribution in [1.29, 1.82) is 0 Å². The van der Waals surface area contributed by atoms with Gasteiger partial charge in [-0.05, 0) is 21.7 Å². The molecule has 0 bridgehead atoms. The molecule has 0 amide bonds. The lowest BCUT2D eigenvalue weighted by molar-refractivity contribution is -0.252. The van der Waals surface area contributed by atoms with E-state index >= 15 is 0 Å². The number of aliphatic hydroxyl groups excluding tert-OH is 6. The molecule has 0 aromatic heterocycles. The third-order valence-electron chi connectivity index (χ3n) is 7.69. The Balaban J connectivity index is -0.000000564. The Hall–Kier alpha value is -0.0100. The Morgan fingerprint density at radius 3 is 0.500 bits per heavy atom. The SMILES string of the molecule is CC(C)(C)C(O)(C(C)(C)C)C(CO)(CO)CO.CC(C)(C)C(O)(C(C)(C)C)C(CO)(CO)CO.OP(O)O. The molecule has 0 radical (unpaired) electrons. The summed E-state index contributed by atoms with van der Waals surface area (Å²) in [6.07, 6.45) is 0. The predicted octanol–water partition coefficient (Wildman–Crippen LogP) is 0.736. The van der Waals surface area contributed by atoms with E-state index in [4.69, 9.17) is 14.7 Å². The fourth-order valence-electron chi connectivity index (χ4n) is 6.42. The van der Waals surface area contributed by atoms with Crippen LogP contribution in [0.25, 0.3) is 0 Å². The summed E-state index contributed by atoms with van der Waals surface area (Å²) in [5.41, 5.74) is -7.87. The van der Waals surface area contributed by atoms with Crippen LogP contribution in [0.5, 0.6) is 0 Å². The molecular formula is C26H59O11P. The van der Waals surface area contributed by atoms with Crippen LogP contribution in [-0.2, 0) is 0 Å². The molecule has 0 aromatic carbocycles. The first kappa shape index (κ1) is 42.5. The molecule has 12 heteroatoms. The van der Waals surface area contributed by atoms with Gasteiger partial charge in [-0.1, -0.05) is 83.1 Å². The van der Waals surface area contributed by atoms with Crippen LogP contribution in [0, 0.1) is 32.5 Å². The zero-order valence-electron chi connectivity index (χ0n) is 25.6. The van der Waals surface area contributed by atoms with Gasteiger partial charge in [0.05, 0.1) is 61.7 Å². The highest BCUT2D eigenvalue weighted by molar-refractivity contribution is 7.38. The van der Waals surface area contributed by atoms with Gasteiger partial charge >= 0.3 is 8.60 Å². The number of hydrogen-bond donors (Lipinski definition) is 11. The van der Waals surface area contributed by atoms with E-state index in [9.17, 15) is 40.9 Å². The molecule has 0 rings (SSSR count). The molecule has 0 aliphatic rings. The third-order valence-corrected chi connectivity index (χ3v) is 7.69. The van der Waals surface area contributed by atoms with Crippen LogP contribution in [0.1, 0.15) is 83.1 Å². The highest BCUT2D eigenvalue weighted by Gasteiger charge is 2.63. The summed E-state index contributed by atoms with van der Waals surface area (Å²) in [7, 11) is -2.62. The molecule has 0 aliphatic carbocycles. The van der Waals surface area contributed by atoms with Crippen molar-refractivity contribution in [1.82, 2.24) is 0 Å². The van der Waals surface area contributed by atoms with Gasteiger partial charge in [0.15, 0.2) is 0 Å². The van der Waals surface area contributed by atoms with Gasteiger partial charge in [-0.25, -0.2) is 0 Å². The molecule has 11 nitrogen and oxygen atoms in total. The Labute approximate surface area is 230 Å². The Morgan fingerprint density at radius 1 is 0.368 bits per heavy atom. The molecule has 0 aliphatic heterocycles. The summed E-state index contributed by atoms with van der Waals surface area (Å²) in [4.78, 5) is 21.7. The molecule has 234 valence electrons. The monoisotopic (exact) mass is 578 g/mol. The maximum Gasteiger partial charge on any atom is 0.324 e. The molecule has 0 unspecified atom stereocenters. The topological polar surface area (TPSA) is 223 Å². The lowest BCUT2D eigenvalue weighted by atomic mass is 9.51. The smallest absolute Gasteiger partial charge is 0.324 e. The number of aliphatic hydroxyl groups is 8. The Kier molecular flexibility index (Phi) is 16.5. The summed E-state index contributed by atoms with van der Waals surface area (Å²) >= 11 is 0. The molecule has 0 spiro atoms. The van der Waals surface area contributed by atoms with E-state index in [-0.39, 0.29) is 0 Å². The molecule has 0 heterocycles. The highest BCUT2D eigenvalue weighted by atomic mass is 31.2. The average molecular weight is 579 g/mol. The van der Waals surface area contributed by atoms with Gasteiger partial charge in [0, 0.05) is 0 Å². The second kappa shape index (κ2) is 14.8. The standard InChI is InChI=1S/2C13H28O4.H3O3P/c2*1-10(2,3)13(17,11(4,5)6)12(7-14,8-15)9-16;1-4(2)3/h2*14-17H,7-9H2,1-6H3;1-3H. The maximum absolute atomic E-state index is 11.1. The van der Waals surface area contributed by atoms with Crippen molar-refractivity contribution >= 4 is 8.60 Å². The van der Waals surface area contributed by atoms with Gasteiger partial charge in [-0.3, -0.25) is 0 Å².